The Morgan fingerprint density at radius 3 is 1.85 bits per heavy atom. The van der Waals surface area contributed by atoms with Crippen LogP contribution in [0.3, 0.4) is 0 Å². The zero-order valence-corrected chi connectivity index (χ0v) is 7.57. The van der Waals surface area contributed by atoms with E-state index in [0.717, 1.165) is 6.92 Å². The zero-order valence-electron chi connectivity index (χ0n) is 7.57. The largest absolute Gasteiger partial charge is 0.398 e. The number of halogens is 2. The van der Waals surface area contributed by atoms with E-state index >= 15 is 0 Å². The highest BCUT2D eigenvalue weighted by Gasteiger charge is 2.25. The van der Waals surface area contributed by atoms with Gasteiger partial charge in [0.05, 0.1) is 0 Å². The molecular weight excluding hydrogens is 174 g/mol. The fourth-order valence-electron chi connectivity index (χ4n) is 1.01. The number of anilines is 2. The molecule has 0 amide bonds. The summed E-state index contributed by atoms with van der Waals surface area (Å²) in [5, 5.41) is 0. The summed E-state index contributed by atoms with van der Waals surface area (Å²) in [6.07, 6.45) is 0. The van der Waals surface area contributed by atoms with Crippen molar-refractivity contribution >= 4 is 11.4 Å². The minimum Gasteiger partial charge on any atom is -0.398 e. The molecule has 0 aliphatic rings. The molecule has 0 heterocycles. The summed E-state index contributed by atoms with van der Waals surface area (Å²) in [4.78, 5) is 0. The molecule has 72 valence electrons. The summed E-state index contributed by atoms with van der Waals surface area (Å²) < 4.78 is 25.7. The summed E-state index contributed by atoms with van der Waals surface area (Å²) in [6, 6.07) is 2.51. The molecule has 0 saturated carbocycles. The summed E-state index contributed by atoms with van der Waals surface area (Å²) in [6.45, 7) is 2.51. The second-order valence-electron chi connectivity index (χ2n) is 3.17. The summed E-state index contributed by atoms with van der Waals surface area (Å²) in [5.74, 6) is -2.89. The maximum absolute atomic E-state index is 12.8. The molecule has 0 spiro atoms. The number of nitrogens with two attached hydrogens (primary N) is 2. The van der Waals surface area contributed by atoms with Crippen LogP contribution in [-0.2, 0) is 5.92 Å². The normalized spacial score (nSPS) is 11.7. The Kier molecular flexibility index (Phi) is 2.15. The number of hydrogen-bond acceptors (Lipinski definition) is 2. The molecule has 4 N–H and O–H groups in total. The van der Waals surface area contributed by atoms with E-state index in [0.29, 0.717) is 16.9 Å². The molecule has 0 aliphatic heterocycles. The molecule has 0 aromatic heterocycles. The van der Waals surface area contributed by atoms with Crippen LogP contribution in [0.4, 0.5) is 20.2 Å². The lowest BCUT2D eigenvalue weighted by atomic mass is 10.0. The maximum atomic E-state index is 12.8. The monoisotopic (exact) mass is 186 g/mol. The standard InChI is InChI=1S/C9H12F2N2/c1-5-7(12)3-6(4-8(5)13)9(2,10)11/h3-4H,12-13H2,1-2H3. The van der Waals surface area contributed by atoms with Crippen molar-refractivity contribution in [3.63, 3.8) is 0 Å². The van der Waals surface area contributed by atoms with Crippen molar-refractivity contribution in [2.45, 2.75) is 19.8 Å². The number of benzene rings is 1. The van der Waals surface area contributed by atoms with Crippen LogP contribution in [0.2, 0.25) is 0 Å². The van der Waals surface area contributed by atoms with E-state index in [4.69, 9.17) is 11.5 Å². The van der Waals surface area contributed by atoms with Crippen LogP contribution in [0.5, 0.6) is 0 Å². The van der Waals surface area contributed by atoms with Gasteiger partial charge in [0, 0.05) is 23.9 Å². The van der Waals surface area contributed by atoms with Crippen LogP contribution in [0, 0.1) is 6.92 Å². The molecular formula is C9H12F2N2. The predicted octanol–water partition coefficient (Wildman–Crippen LogP) is 2.27. The van der Waals surface area contributed by atoms with Gasteiger partial charge in [-0.05, 0) is 24.6 Å². The lowest BCUT2D eigenvalue weighted by molar-refractivity contribution is 0.0176. The minimum absolute atomic E-state index is 0.145. The van der Waals surface area contributed by atoms with Crippen LogP contribution in [0.25, 0.3) is 0 Å². The molecule has 0 unspecified atom stereocenters. The van der Waals surface area contributed by atoms with Gasteiger partial charge in [-0.2, -0.15) is 0 Å². The van der Waals surface area contributed by atoms with Crippen molar-refractivity contribution < 1.29 is 8.78 Å². The molecule has 0 radical (unpaired) electrons. The van der Waals surface area contributed by atoms with Crippen molar-refractivity contribution in [2.24, 2.45) is 0 Å². The van der Waals surface area contributed by atoms with E-state index in [1.165, 1.54) is 12.1 Å². The first-order valence-electron chi connectivity index (χ1n) is 3.86. The molecule has 0 fully saturated rings. The number of hydrogen-bond donors (Lipinski definition) is 2. The Morgan fingerprint density at radius 1 is 1.15 bits per heavy atom. The zero-order chi connectivity index (χ0) is 10.2. The molecule has 0 saturated heterocycles. The highest BCUT2D eigenvalue weighted by Crippen LogP contribution is 2.32. The lowest BCUT2D eigenvalue weighted by Crippen LogP contribution is -2.09. The third kappa shape index (κ3) is 1.88. The Balaban J connectivity index is 3.29. The van der Waals surface area contributed by atoms with Crippen LogP contribution in [0.15, 0.2) is 12.1 Å². The summed E-state index contributed by atoms with van der Waals surface area (Å²) in [7, 11) is 0. The van der Waals surface area contributed by atoms with Gasteiger partial charge in [-0.3, -0.25) is 0 Å². The third-order valence-corrected chi connectivity index (χ3v) is 1.99. The van der Waals surface area contributed by atoms with E-state index < -0.39 is 5.92 Å². The van der Waals surface area contributed by atoms with Gasteiger partial charge in [0.15, 0.2) is 0 Å². The van der Waals surface area contributed by atoms with Gasteiger partial charge in [-0.1, -0.05) is 0 Å². The molecule has 4 heteroatoms. The van der Waals surface area contributed by atoms with E-state index in [-0.39, 0.29) is 5.56 Å². The average Bonchev–Trinajstić information content (AvgIpc) is 1.97. The lowest BCUT2D eigenvalue weighted by Gasteiger charge is -2.13. The fraction of sp³-hybridized carbons (Fsp3) is 0.333. The van der Waals surface area contributed by atoms with Crippen molar-refractivity contribution in [3.8, 4) is 0 Å². The van der Waals surface area contributed by atoms with Gasteiger partial charge in [-0.25, -0.2) is 8.78 Å². The quantitative estimate of drug-likeness (QED) is 0.661. The topological polar surface area (TPSA) is 52.0 Å². The maximum Gasteiger partial charge on any atom is 0.270 e. The van der Waals surface area contributed by atoms with Crippen molar-refractivity contribution in [2.75, 3.05) is 11.5 Å². The van der Waals surface area contributed by atoms with Gasteiger partial charge in [0.2, 0.25) is 0 Å². The molecule has 13 heavy (non-hydrogen) atoms. The van der Waals surface area contributed by atoms with Crippen LogP contribution in [-0.4, -0.2) is 0 Å². The number of rotatable bonds is 1. The minimum atomic E-state index is -2.89. The van der Waals surface area contributed by atoms with Crippen LogP contribution >= 0.6 is 0 Å². The van der Waals surface area contributed by atoms with Crippen LogP contribution < -0.4 is 11.5 Å². The van der Waals surface area contributed by atoms with Gasteiger partial charge in [-0.15, -0.1) is 0 Å². The van der Waals surface area contributed by atoms with E-state index in [1.54, 1.807) is 6.92 Å². The summed E-state index contributed by atoms with van der Waals surface area (Å²) in [5.41, 5.74) is 12.1. The van der Waals surface area contributed by atoms with Gasteiger partial charge in [0.1, 0.15) is 0 Å². The molecule has 1 aromatic carbocycles. The van der Waals surface area contributed by atoms with Crippen LogP contribution in [0.1, 0.15) is 18.1 Å². The summed E-state index contributed by atoms with van der Waals surface area (Å²) >= 11 is 0. The van der Waals surface area contributed by atoms with Gasteiger partial charge >= 0.3 is 0 Å². The van der Waals surface area contributed by atoms with Crippen molar-refractivity contribution in [1.82, 2.24) is 0 Å². The fourth-order valence-corrected chi connectivity index (χ4v) is 1.01. The molecule has 0 bridgehead atoms. The number of alkyl halides is 2. The Hall–Kier alpha value is -1.32. The second-order valence-corrected chi connectivity index (χ2v) is 3.17. The first-order chi connectivity index (χ1) is 5.82. The SMILES string of the molecule is Cc1c(N)cc(C(C)(F)F)cc1N. The highest BCUT2D eigenvalue weighted by molar-refractivity contribution is 5.63. The first kappa shape index (κ1) is 9.77. The van der Waals surface area contributed by atoms with E-state index in [9.17, 15) is 8.78 Å². The number of nitrogen functional groups attached to an aromatic ring is 2. The van der Waals surface area contributed by atoms with Crippen molar-refractivity contribution in [3.05, 3.63) is 23.3 Å². The Labute approximate surface area is 75.5 Å². The Bertz CT molecular complexity index is 306. The molecule has 0 atom stereocenters. The first-order valence-corrected chi connectivity index (χ1v) is 3.86. The van der Waals surface area contributed by atoms with E-state index in [2.05, 4.69) is 0 Å². The third-order valence-electron chi connectivity index (χ3n) is 1.99. The smallest absolute Gasteiger partial charge is 0.270 e. The molecule has 1 aromatic rings. The van der Waals surface area contributed by atoms with Gasteiger partial charge in [0.25, 0.3) is 5.92 Å². The predicted molar refractivity (Wildman–Crippen MR) is 49.6 cm³/mol. The molecule has 0 aliphatic carbocycles. The van der Waals surface area contributed by atoms with Crippen molar-refractivity contribution in [1.29, 1.82) is 0 Å². The second kappa shape index (κ2) is 2.87. The molecule has 1 rings (SSSR count). The van der Waals surface area contributed by atoms with E-state index in [1.807, 2.05) is 0 Å². The average molecular weight is 186 g/mol. The highest BCUT2D eigenvalue weighted by atomic mass is 19.3. The Morgan fingerprint density at radius 2 is 1.54 bits per heavy atom. The van der Waals surface area contributed by atoms with Gasteiger partial charge < -0.3 is 11.5 Å². The molecule has 2 nitrogen and oxygen atoms in total.